The first-order chi connectivity index (χ1) is 14.1. The van der Waals surface area contributed by atoms with Crippen LogP contribution in [0.15, 0.2) is 48.4 Å². The molecule has 3 rings (SSSR count). The fraction of sp³-hybridized carbons (Fsp3) is 0.261. The topological polar surface area (TPSA) is 69.8 Å². The van der Waals surface area contributed by atoms with Crippen molar-refractivity contribution in [1.29, 1.82) is 0 Å². The van der Waals surface area contributed by atoms with Crippen LogP contribution in [0.5, 0.6) is 17.2 Å². The number of benzene rings is 2. The molecule has 0 fully saturated rings. The largest absolute Gasteiger partial charge is 0.493 e. The minimum absolute atomic E-state index is 0.255. The van der Waals surface area contributed by atoms with E-state index in [0.717, 1.165) is 22.9 Å². The van der Waals surface area contributed by atoms with E-state index in [9.17, 15) is 4.79 Å². The highest BCUT2D eigenvalue weighted by Gasteiger charge is 2.21. The number of ether oxygens (including phenoxy) is 4. The summed E-state index contributed by atoms with van der Waals surface area (Å²) in [6.45, 7) is 2.43. The lowest BCUT2D eigenvalue weighted by molar-refractivity contribution is 0.0922. The summed E-state index contributed by atoms with van der Waals surface area (Å²) in [5.74, 6) is 1.26. The molecule has 6 nitrogen and oxygen atoms in total. The summed E-state index contributed by atoms with van der Waals surface area (Å²) in [4.78, 5) is 16.5. The van der Waals surface area contributed by atoms with E-state index < -0.39 is 0 Å². The second-order valence-electron chi connectivity index (χ2n) is 6.39. The smallest absolute Gasteiger partial charge is 0.227 e. The van der Waals surface area contributed by atoms with Crippen LogP contribution < -0.4 is 14.2 Å². The number of rotatable bonds is 9. The van der Waals surface area contributed by atoms with Crippen LogP contribution in [-0.4, -0.2) is 38.7 Å². The number of methoxy groups -OCH3 is 3. The summed E-state index contributed by atoms with van der Waals surface area (Å²) in [5.41, 5.74) is 2.27. The number of fused-ring (bicyclic) bond motifs is 1. The van der Waals surface area contributed by atoms with Crippen molar-refractivity contribution in [3.05, 3.63) is 59.5 Å². The minimum Gasteiger partial charge on any atom is -0.493 e. The van der Waals surface area contributed by atoms with Crippen LogP contribution in [0.25, 0.3) is 17.0 Å². The van der Waals surface area contributed by atoms with Crippen LogP contribution in [0.4, 0.5) is 0 Å². The fourth-order valence-corrected chi connectivity index (χ4v) is 3.09. The number of carbonyl (C=O) groups is 1. The second kappa shape index (κ2) is 9.19. The van der Waals surface area contributed by atoms with Crippen molar-refractivity contribution in [2.75, 3.05) is 27.9 Å². The molecule has 0 spiro atoms. The van der Waals surface area contributed by atoms with Gasteiger partial charge in [0.2, 0.25) is 11.5 Å². The molecule has 0 radical (unpaired) electrons. The number of Topliss-reactive ketones (excluding diaryl/α,β-unsaturated/α-hetero) is 1. The molecule has 2 aromatic carbocycles. The van der Waals surface area contributed by atoms with Gasteiger partial charge >= 0.3 is 0 Å². The first-order valence-corrected chi connectivity index (χ1v) is 9.38. The normalized spacial score (nSPS) is 11.4. The molecule has 0 aliphatic rings. The monoisotopic (exact) mass is 395 g/mol. The number of nitrogens with one attached hydrogen (secondary N) is 1. The summed E-state index contributed by atoms with van der Waals surface area (Å²) < 4.78 is 21.9. The molecule has 0 amide bonds. The third kappa shape index (κ3) is 4.21. The molecule has 0 aliphatic heterocycles. The standard InChI is InChI=1S/C23H25NO5/c1-5-10-29-19(13-16-14-24-18-9-7-6-8-17(16)18)22(25)15-11-20(26-2)23(28-4)21(12-15)27-3/h6-9,11-14,24H,5,10H2,1-4H3/b19-13-. The molecular weight excluding hydrogens is 370 g/mol. The van der Waals surface area contributed by atoms with Crippen molar-refractivity contribution < 1.29 is 23.7 Å². The summed E-state index contributed by atoms with van der Waals surface area (Å²) in [5, 5.41) is 1.02. The molecule has 1 heterocycles. The van der Waals surface area contributed by atoms with Gasteiger partial charge in [0, 0.05) is 28.2 Å². The first-order valence-electron chi connectivity index (χ1n) is 9.38. The van der Waals surface area contributed by atoms with Gasteiger partial charge in [-0.15, -0.1) is 0 Å². The lowest BCUT2D eigenvalue weighted by atomic mass is 10.1. The predicted octanol–water partition coefficient (Wildman–Crippen LogP) is 4.84. The van der Waals surface area contributed by atoms with Crippen LogP contribution in [0.3, 0.4) is 0 Å². The summed E-state index contributed by atoms with van der Waals surface area (Å²) in [6.07, 6.45) is 4.41. The van der Waals surface area contributed by atoms with Gasteiger partial charge in [-0.1, -0.05) is 25.1 Å². The molecule has 0 saturated heterocycles. The Kier molecular flexibility index (Phi) is 6.44. The van der Waals surface area contributed by atoms with E-state index in [1.165, 1.54) is 21.3 Å². The highest BCUT2D eigenvalue weighted by Crippen LogP contribution is 2.39. The molecule has 0 aliphatic carbocycles. The Morgan fingerprint density at radius 2 is 1.72 bits per heavy atom. The van der Waals surface area contributed by atoms with Gasteiger partial charge in [0.25, 0.3) is 0 Å². The van der Waals surface area contributed by atoms with E-state index in [0.29, 0.717) is 29.4 Å². The Bertz CT molecular complexity index is 1010. The van der Waals surface area contributed by atoms with Gasteiger partial charge in [0.05, 0.1) is 27.9 Å². The van der Waals surface area contributed by atoms with Crippen molar-refractivity contribution in [1.82, 2.24) is 4.98 Å². The molecule has 6 heteroatoms. The highest BCUT2D eigenvalue weighted by atomic mass is 16.5. The zero-order chi connectivity index (χ0) is 20.8. The van der Waals surface area contributed by atoms with Gasteiger partial charge in [-0.3, -0.25) is 4.79 Å². The van der Waals surface area contributed by atoms with Crippen molar-refractivity contribution in [2.45, 2.75) is 13.3 Å². The molecule has 152 valence electrons. The summed E-state index contributed by atoms with van der Waals surface area (Å²) in [6, 6.07) is 11.2. The number of para-hydroxylation sites is 1. The van der Waals surface area contributed by atoms with Crippen LogP contribution in [0.1, 0.15) is 29.3 Å². The lowest BCUT2D eigenvalue weighted by Gasteiger charge is -2.15. The van der Waals surface area contributed by atoms with E-state index in [1.807, 2.05) is 37.4 Å². The van der Waals surface area contributed by atoms with Gasteiger partial charge in [-0.25, -0.2) is 0 Å². The summed E-state index contributed by atoms with van der Waals surface area (Å²) >= 11 is 0. The molecule has 0 bridgehead atoms. The number of aromatic nitrogens is 1. The van der Waals surface area contributed by atoms with E-state index in [1.54, 1.807) is 18.2 Å². The van der Waals surface area contributed by atoms with Crippen LogP contribution >= 0.6 is 0 Å². The van der Waals surface area contributed by atoms with Crippen LogP contribution in [0, 0.1) is 0 Å². The Balaban J connectivity index is 2.06. The van der Waals surface area contributed by atoms with Gasteiger partial charge < -0.3 is 23.9 Å². The van der Waals surface area contributed by atoms with E-state index >= 15 is 0 Å². The van der Waals surface area contributed by atoms with Crippen molar-refractivity contribution in [3.63, 3.8) is 0 Å². The predicted molar refractivity (Wildman–Crippen MR) is 113 cm³/mol. The number of aromatic amines is 1. The Morgan fingerprint density at radius 3 is 2.34 bits per heavy atom. The zero-order valence-corrected chi connectivity index (χ0v) is 17.1. The minimum atomic E-state index is -0.261. The van der Waals surface area contributed by atoms with Crippen LogP contribution in [-0.2, 0) is 4.74 Å². The number of hydrogen-bond donors (Lipinski definition) is 1. The Morgan fingerprint density at radius 1 is 1.03 bits per heavy atom. The highest BCUT2D eigenvalue weighted by molar-refractivity contribution is 6.11. The maximum Gasteiger partial charge on any atom is 0.227 e. The maximum absolute atomic E-state index is 13.3. The van der Waals surface area contributed by atoms with Crippen molar-refractivity contribution in [3.8, 4) is 17.2 Å². The molecule has 0 atom stereocenters. The van der Waals surface area contributed by atoms with E-state index in [-0.39, 0.29) is 11.5 Å². The molecule has 29 heavy (non-hydrogen) atoms. The molecule has 1 N–H and O–H groups in total. The van der Waals surface area contributed by atoms with Crippen LogP contribution in [0.2, 0.25) is 0 Å². The Hall–Kier alpha value is -3.41. The third-order valence-electron chi connectivity index (χ3n) is 4.52. The van der Waals surface area contributed by atoms with Gasteiger partial charge in [-0.05, 0) is 30.7 Å². The maximum atomic E-state index is 13.3. The molecule has 1 aromatic heterocycles. The molecule has 0 unspecified atom stereocenters. The fourth-order valence-electron chi connectivity index (χ4n) is 3.09. The van der Waals surface area contributed by atoms with Crippen molar-refractivity contribution in [2.24, 2.45) is 0 Å². The second-order valence-corrected chi connectivity index (χ2v) is 6.39. The number of H-pyrrole nitrogens is 1. The quantitative estimate of drug-likeness (QED) is 0.319. The van der Waals surface area contributed by atoms with E-state index in [4.69, 9.17) is 18.9 Å². The first kappa shape index (κ1) is 20.3. The number of allylic oxidation sites excluding steroid dienone is 1. The van der Waals surface area contributed by atoms with E-state index in [2.05, 4.69) is 4.98 Å². The van der Waals surface area contributed by atoms with Crippen molar-refractivity contribution >= 4 is 22.8 Å². The average Bonchev–Trinajstić information content (AvgIpc) is 3.17. The molecular formula is C23H25NO5. The Labute approximate surface area is 170 Å². The average molecular weight is 395 g/mol. The SMILES string of the molecule is CCCO/C(=C\c1c[nH]c2ccccc12)C(=O)c1cc(OC)c(OC)c(OC)c1. The summed E-state index contributed by atoms with van der Waals surface area (Å²) in [7, 11) is 4.55. The number of carbonyl (C=O) groups excluding carboxylic acids is 1. The zero-order valence-electron chi connectivity index (χ0n) is 17.1. The van der Waals surface area contributed by atoms with Gasteiger partial charge in [-0.2, -0.15) is 0 Å². The number of hydrogen-bond acceptors (Lipinski definition) is 5. The molecule has 3 aromatic rings. The van der Waals surface area contributed by atoms with Gasteiger partial charge in [0.1, 0.15) is 0 Å². The molecule has 0 saturated carbocycles. The lowest BCUT2D eigenvalue weighted by Crippen LogP contribution is -2.09. The van der Waals surface area contributed by atoms with Gasteiger partial charge in [0.15, 0.2) is 17.3 Å². The third-order valence-corrected chi connectivity index (χ3v) is 4.52. The number of ketones is 1.